The summed E-state index contributed by atoms with van der Waals surface area (Å²) in [6, 6.07) is 11.4. The molecule has 0 unspecified atom stereocenters. The Morgan fingerprint density at radius 2 is 1.94 bits per heavy atom. The molecule has 1 aliphatic heterocycles. The summed E-state index contributed by atoms with van der Waals surface area (Å²) in [5.74, 6) is 0.417. The topological polar surface area (TPSA) is 87.9 Å². The fraction of sp³-hybridized carbons (Fsp3) is 0.250. The van der Waals surface area contributed by atoms with E-state index < -0.39 is 5.82 Å². The molecule has 0 radical (unpaired) electrons. The van der Waals surface area contributed by atoms with Crippen LogP contribution in [0.4, 0.5) is 21.7 Å². The number of rotatable bonds is 5. The van der Waals surface area contributed by atoms with E-state index in [2.05, 4.69) is 25.3 Å². The number of ether oxygens (including phenoxy) is 1. The van der Waals surface area contributed by atoms with Gasteiger partial charge in [0.15, 0.2) is 5.82 Å². The van der Waals surface area contributed by atoms with Crippen LogP contribution in [0.3, 0.4) is 0 Å². The highest BCUT2D eigenvalue weighted by molar-refractivity contribution is 5.78. The van der Waals surface area contributed by atoms with Gasteiger partial charge in [-0.25, -0.2) is 18.9 Å². The van der Waals surface area contributed by atoms with Gasteiger partial charge in [-0.2, -0.15) is 5.10 Å². The number of aromatic nitrogens is 4. The number of carbonyl (C=O) groups excluding carboxylic acids is 1. The minimum Gasteiger partial charge on any atom is -0.494 e. The zero-order chi connectivity index (χ0) is 23.7. The first-order valence-electron chi connectivity index (χ1n) is 10.9. The van der Waals surface area contributed by atoms with Crippen molar-refractivity contribution < 1.29 is 13.9 Å². The van der Waals surface area contributed by atoms with Gasteiger partial charge in [0.2, 0.25) is 11.9 Å². The number of nitrogens with zero attached hydrogens (tertiary/aromatic N) is 6. The predicted molar refractivity (Wildman–Crippen MR) is 127 cm³/mol. The van der Waals surface area contributed by atoms with E-state index in [4.69, 9.17) is 4.74 Å². The molecule has 3 aromatic heterocycles. The van der Waals surface area contributed by atoms with Crippen molar-refractivity contribution in [3.05, 3.63) is 60.8 Å². The molecule has 1 amide bonds. The smallest absolute Gasteiger partial charge is 0.228 e. The summed E-state index contributed by atoms with van der Waals surface area (Å²) in [6.07, 6.45) is 4.53. The molecule has 0 aliphatic carbocycles. The van der Waals surface area contributed by atoms with Crippen LogP contribution in [0.15, 0.2) is 55.0 Å². The molecule has 4 heterocycles. The van der Waals surface area contributed by atoms with Crippen molar-refractivity contribution >= 4 is 28.7 Å². The number of halogens is 1. The Labute approximate surface area is 195 Å². The highest BCUT2D eigenvalue weighted by Gasteiger charge is 2.20. The number of methoxy groups -OCH3 is 1. The number of piperazine rings is 1. The van der Waals surface area contributed by atoms with Crippen molar-refractivity contribution in [2.24, 2.45) is 0 Å². The van der Waals surface area contributed by atoms with Gasteiger partial charge in [0.25, 0.3) is 0 Å². The lowest BCUT2D eigenvalue weighted by Crippen LogP contribution is -2.48. The molecule has 9 nitrogen and oxygen atoms in total. The molecule has 34 heavy (non-hydrogen) atoms. The van der Waals surface area contributed by atoms with Gasteiger partial charge in [0.05, 0.1) is 30.7 Å². The van der Waals surface area contributed by atoms with Crippen LogP contribution in [0.2, 0.25) is 0 Å². The molecule has 1 N–H and O–H groups in total. The predicted octanol–water partition coefficient (Wildman–Crippen LogP) is 3.35. The highest BCUT2D eigenvalue weighted by Crippen LogP contribution is 2.33. The third-order valence-electron chi connectivity index (χ3n) is 5.95. The lowest BCUT2D eigenvalue weighted by Gasteiger charge is -2.35. The van der Waals surface area contributed by atoms with Crippen LogP contribution in [0.1, 0.15) is 6.92 Å². The molecule has 0 bridgehead atoms. The van der Waals surface area contributed by atoms with Crippen LogP contribution in [-0.2, 0) is 4.79 Å². The number of anilines is 3. The third kappa shape index (κ3) is 4.09. The fourth-order valence-corrected chi connectivity index (χ4v) is 4.11. The first kappa shape index (κ1) is 21.6. The highest BCUT2D eigenvalue weighted by atomic mass is 19.1. The van der Waals surface area contributed by atoms with Crippen LogP contribution in [0.25, 0.3) is 16.8 Å². The van der Waals surface area contributed by atoms with Crippen LogP contribution in [0.5, 0.6) is 5.75 Å². The van der Waals surface area contributed by atoms with Crippen molar-refractivity contribution in [2.45, 2.75) is 6.92 Å². The lowest BCUT2D eigenvalue weighted by atomic mass is 10.2. The number of pyridine rings is 1. The van der Waals surface area contributed by atoms with Crippen molar-refractivity contribution in [2.75, 3.05) is 43.5 Å². The van der Waals surface area contributed by atoms with E-state index >= 15 is 0 Å². The average molecular weight is 462 g/mol. The molecule has 174 valence electrons. The molecule has 4 aromatic rings. The fourth-order valence-electron chi connectivity index (χ4n) is 4.11. The Bertz CT molecular complexity index is 1350. The number of fused-ring (bicyclic) bond motifs is 1. The molecule has 10 heteroatoms. The zero-order valence-electron chi connectivity index (χ0n) is 18.9. The number of amides is 1. The van der Waals surface area contributed by atoms with Gasteiger partial charge in [-0.3, -0.25) is 4.79 Å². The number of benzene rings is 1. The van der Waals surface area contributed by atoms with Gasteiger partial charge in [-0.05, 0) is 24.3 Å². The van der Waals surface area contributed by atoms with E-state index in [1.807, 2.05) is 41.3 Å². The molecule has 0 saturated carbocycles. The molecule has 0 atom stereocenters. The van der Waals surface area contributed by atoms with Crippen molar-refractivity contribution in [3.63, 3.8) is 0 Å². The van der Waals surface area contributed by atoms with E-state index in [-0.39, 0.29) is 17.5 Å². The molecule has 1 aliphatic rings. The minimum atomic E-state index is -0.531. The molecular formula is C24H24FN7O2. The summed E-state index contributed by atoms with van der Waals surface area (Å²) in [5.41, 5.74) is 3.15. The maximum atomic E-state index is 14.6. The molecule has 1 aromatic carbocycles. The molecule has 0 spiro atoms. The maximum absolute atomic E-state index is 14.6. The Kier molecular flexibility index (Phi) is 5.70. The standard InChI is InChI=1S/C24H24FN7O2/c1-16(33)30-9-11-31(12-10-30)17-6-7-20(22(13-17)34-2)28-24-26-15-19(25)23(29-24)18-14-27-32-8-4-3-5-21(18)32/h3-8,13-15H,9-12H2,1-2H3,(H,26,28,29). The van der Waals surface area contributed by atoms with Gasteiger partial charge >= 0.3 is 0 Å². The Balaban J connectivity index is 1.39. The van der Waals surface area contributed by atoms with Gasteiger partial charge in [0.1, 0.15) is 11.4 Å². The lowest BCUT2D eigenvalue weighted by molar-refractivity contribution is -0.129. The van der Waals surface area contributed by atoms with E-state index in [1.54, 1.807) is 30.9 Å². The SMILES string of the molecule is COc1cc(N2CCN(C(C)=O)CC2)ccc1Nc1ncc(F)c(-c2cnn3ccccc23)n1. The van der Waals surface area contributed by atoms with Crippen LogP contribution < -0.4 is 15.0 Å². The summed E-state index contributed by atoms with van der Waals surface area (Å²) in [6.45, 7) is 4.47. The third-order valence-corrected chi connectivity index (χ3v) is 5.95. The first-order chi connectivity index (χ1) is 16.5. The van der Waals surface area contributed by atoms with Crippen LogP contribution >= 0.6 is 0 Å². The summed E-state index contributed by atoms with van der Waals surface area (Å²) in [7, 11) is 1.59. The van der Waals surface area contributed by atoms with Crippen molar-refractivity contribution in [1.29, 1.82) is 0 Å². The molecule has 5 rings (SSSR count). The van der Waals surface area contributed by atoms with Gasteiger partial charge in [-0.15, -0.1) is 0 Å². The second-order valence-electron chi connectivity index (χ2n) is 7.98. The largest absolute Gasteiger partial charge is 0.494 e. The second-order valence-corrected chi connectivity index (χ2v) is 7.98. The van der Waals surface area contributed by atoms with Crippen molar-refractivity contribution in [1.82, 2.24) is 24.5 Å². The average Bonchev–Trinajstić information content (AvgIpc) is 3.29. The number of hydrogen-bond donors (Lipinski definition) is 1. The van der Waals surface area contributed by atoms with Gasteiger partial charge in [0, 0.05) is 56.6 Å². The second kappa shape index (κ2) is 8.97. The van der Waals surface area contributed by atoms with E-state index in [9.17, 15) is 9.18 Å². The Hall–Kier alpha value is -4.21. The molecule has 1 fully saturated rings. The number of hydrogen-bond acceptors (Lipinski definition) is 7. The maximum Gasteiger partial charge on any atom is 0.228 e. The quantitative estimate of drug-likeness (QED) is 0.488. The molecular weight excluding hydrogens is 437 g/mol. The first-order valence-corrected chi connectivity index (χ1v) is 10.9. The normalized spacial score (nSPS) is 13.9. The monoisotopic (exact) mass is 461 g/mol. The summed E-state index contributed by atoms with van der Waals surface area (Å²) in [4.78, 5) is 24.2. The van der Waals surface area contributed by atoms with Gasteiger partial charge in [-0.1, -0.05) is 6.07 Å². The van der Waals surface area contributed by atoms with Gasteiger partial charge < -0.3 is 19.9 Å². The van der Waals surface area contributed by atoms with E-state index in [0.29, 0.717) is 30.1 Å². The molecule has 1 saturated heterocycles. The summed E-state index contributed by atoms with van der Waals surface area (Å²) >= 11 is 0. The van der Waals surface area contributed by atoms with E-state index in [1.165, 1.54) is 0 Å². The number of carbonyl (C=O) groups is 1. The van der Waals surface area contributed by atoms with E-state index in [0.717, 1.165) is 30.5 Å². The minimum absolute atomic E-state index is 0.0968. The Morgan fingerprint density at radius 1 is 1.12 bits per heavy atom. The Morgan fingerprint density at radius 3 is 2.71 bits per heavy atom. The number of nitrogens with one attached hydrogen (secondary N) is 1. The van der Waals surface area contributed by atoms with Crippen molar-refractivity contribution in [3.8, 4) is 17.0 Å². The summed E-state index contributed by atoms with van der Waals surface area (Å²) in [5, 5.41) is 7.41. The van der Waals surface area contributed by atoms with Crippen LogP contribution in [0, 0.1) is 5.82 Å². The zero-order valence-corrected chi connectivity index (χ0v) is 18.9. The summed E-state index contributed by atoms with van der Waals surface area (Å²) < 4.78 is 21.9. The van der Waals surface area contributed by atoms with Crippen LogP contribution in [-0.4, -0.2) is 63.7 Å².